The minimum Gasteiger partial charge on any atom is -0.309 e. The molecule has 0 spiro atoms. The summed E-state index contributed by atoms with van der Waals surface area (Å²) in [6, 6.07) is 2.31. The Balaban J connectivity index is 1.76. The number of aromatic nitrogens is 2. The Morgan fingerprint density at radius 3 is 2.71 bits per heavy atom. The minimum atomic E-state index is -3.58. The summed E-state index contributed by atoms with van der Waals surface area (Å²) in [5, 5.41) is 3.40. The average Bonchev–Trinajstić information content (AvgIpc) is 3.20. The van der Waals surface area contributed by atoms with E-state index in [-0.39, 0.29) is 0 Å². The Hall–Kier alpha value is -1.51. The molecule has 0 unspecified atom stereocenters. The molecule has 2 aromatic heterocycles. The van der Waals surface area contributed by atoms with Crippen LogP contribution >= 0.6 is 11.3 Å². The summed E-state index contributed by atoms with van der Waals surface area (Å²) in [5.74, 6) is 0. The Labute approximate surface area is 127 Å². The van der Waals surface area contributed by atoms with Crippen LogP contribution in [0.15, 0.2) is 29.0 Å². The fourth-order valence-electron chi connectivity index (χ4n) is 1.88. The van der Waals surface area contributed by atoms with Crippen LogP contribution < -0.4 is 10.0 Å². The van der Waals surface area contributed by atoms with Crippen LogP contribution in [0.1, 0.15) is 23.3 Å². The van der Waals surface area contributed by atoms with Crippen LogP contribution in [0.5, 0.6) is 0 Å². The van der Waals surface area contributed by atoms with Gasteiger partial charge >= 0.3 is 0 Å². The molecule has 1 aliphatic rings. The molecule has 21 heavy (non-hydrogen) atoms. The maximum absolute atomic E-state index is 12.3. The molecule has 3 rings (SSSR count). The number of aryl methyl sites for hydroxylation is 1. The first-order chi connectivity index (χ1) is 10.0. The van der Waals surface area contributed by atoms with Gasteiger partial charge in [0.25, 0.3) is 10.0 Å². The van der Waals surface area contributed by atoms with E-state index < -0.39 is 10.0 Å². The van der Waals surface area contributed by atoms with E-state index in [2.05, 4.69) is 20.0 Å². The zero-order chi connectivity index (χ0) is 14.9. The third kappa shape index (κ3) is 3.58. The number of hydrogen-bond donors (Lipinski definition) is 2. The molecule has 0 amide bonds. The van der Waals surface area contributed by atoms with Gasteiger partial charge in [0.2, 0.25) is 0 Å². The van der Waals surface area contributed by atoms with E-state index in [1.807, 2.05) is 6.92 Å². The second-order valence-electron chi connectivity index (χ2n) is 5.06. The predicted octanol–water partition coefficient (Wildman–Crippen LogP) is 1.90. The van der Waals surface area contributed by atoms with Crippen LogP contribution in [0.25, 0.3) is 0 Å². The lowest BCUT2D eigenvalue weighted by Gasteiger charge is -2.04. The molecule has 2 heterocycles. The monoisotopic (exact) mass is 324 g/mol. The second-order valence-corrected chi connectivity index (χ2v) is 8.11. The highest BCUT2D eigenvalue weighted by Gasteiger charge is 2.23. The van der Waals surface area contributed by atoms with E-state index >= 15 is 0 Å². The van der Waals surface area contributed by atoms with Crippen molar-refractivity contribution >= 4 is 27.0 Å². The second kappa shape index (κ2) is 5.70. The van der Waals surface area contributed by atoms with Gasteiger partial charge in [-0.2, -0.15) is 0 Å². The van der Waals surface area contributed by atoms with Crippen molar-refractivity contribution in [3.05, 3.63) is 35.2 Å². The van der Waals surface area contributed by atoms with E-state index in [1.165, 1.54) is 42.9 Å². The normalized spacial score (nSPS) is 15.1. The van der Waals surface area contributed by atoms with Crippen molar-refractivity contribution in [3.8, 4) is 0 Å². The van der Waals surface area contributed by atoms with Gasteiger partial charge in [-0.3, -0.25) is 4.72 Å². The lowest BCUT2D eigenvalue weighted by Crippen LogP contribution is -2.14. The molecule has 8 heteroatoms. The van der Waals surface area contributed by atoms with Crippen LogP contribution in [0.2, 0.25) is 0 Å². The van der Waals surface area contributed by atoms with Crippen LogP contribution in [0.4, 0.5) is 5.69 Å². The standard InChI is InChI=1S/C13H16N4O2S2/c1-9-4-13(20-12(9)7-16-10-2-3-10)21(18,19)17-11-5-14-8-15-6-11/h4-6,8,10,16-17H,2-3,7H2,1H3. The zero-order valence-corrected chi connectivity index (χ0v) is 13.2. The van der Waals surface area contributed by atoms with Gasteiger partial charge in [0.1, 0.15) is 10.5 Å². The highest BCUT2D eigenvalue weighted by atomic mass is 32.2. The van der Waals surface area contributed by atoms with Gasteiger partial charge in [0, 0.05) is 17.5 Å². The summed E-state index contributed by atoms with van der Waals surface area (Å²) in [7, 11) is -3.58. The lowest BCUT2D eigenvalue weighted by atomic mass is 10.3. The lowest BCUT2D eigenvalue weighted by molar-refractivity contribution is 0.603. The summed E-state index contributed by atoms with van der Waals surface area (Å²) in [5.41, 5.74) is 1.36. The van der Waals surface area contributed by atoms with Crippen molar-refractivity contribution in [1.29, 1.82) is 0 Å². The summed E-state index contributed by atoms with van der Waals surface area (Å²) >= 11 is 1.30. The Kier molecular flexibility index (Phi) is 3.92. The Morgan fingerprint density at radius 2 is 2.05 bits per heavy atom. The molecule has 2 N–H and O–H groups in total. The van der Waals surface area contributed by atoms with Crippen LogP contribution in [-0.2, 0) is 16.6 Å². The molecule has 0 saturated heterocycles. The van der Waals surface area contributed by atoms with Crippen molar-refractivity contribution in [2.45, 2.75) is 36.6 Å². The van der Waals surface area contributed by atoms with Crippen molar-refractivity contribution in [2.24, 2.45) is 0 Å². The first-order valence-corrected chi connectivity index (χ1v) is 8.95. The molecule has 1 aliphatic carbocycles. The molecule has 0 radical (unpaired) electrons. The molecule has 1 saturated carbocycles. The maximum Gasteiger partial charge on any atom is 0.271 e. The van der Waals surface area contributed by atoms with Gasteiger partial charge in [0.15, 0.2) is 0 Å². The van der Waals surface area contributed by atoms with Crippen LogP contribution in [-0.4, -0.2) is 24.4 Å². The number of rotatable bonds is 6. The topological polar surface area (TPSA) is 84.0 Å². The molecule has 112 valence electrons. The van der Waals surface area contributed by atoms with Crippen molar-refractivity contribution in [1.82, 2.24) is 15.3 Å². The molecule has 0 aromatic carbocycles. The first kappa shape index (κ1) is 14.4. The van der Waals surface area contributed by atoms with Crippen molar-refractivity contribution < 1.29 is 8.42 Å². The largest absolute Gasteiger partial charge is 0.309 e. The van der Waals surface area contributed by atoms with Gasteiger partial charge < -0.3 is 5.32 Å². The number of hydrogen-bond acceptors (Lipinski definition) is 6. The van der Waals surface area contributed by atoms with E-state index in [1.54, 1.807) is 6.07 Å². The zero-order valence-electron chi connectivity index (χ0n) is 11.5. The summed E-state index contributed by atoms with van der Waals surface area (Å²) in [6.45, 7) is 2.66. The predicted molar refractivity (Wildman–Crippen MR) is 81.8 cm³/mol. The molecular formula is C13H16N4O2S2. The summed E-state index contributed by atoms with van der Waals surface area (Å²) in [4.78, 5) is 8.65. The quantitative estimate of drug-likeness (QED) is 0.848. The van der Waals surface area contributed by atoms with E-state index in [0.29, 0.717) is 15.9 Å². The molecule has 2 aromatic rings. The number of thiophene rings is 1. The fourth-order valence-corrected chi connectivity index (χ4v) is 4.45. The molecule has 0 atom stereocenters. The van der Waals surface area contributed by atoms with Crippen LogP contribution in [0, 0.1) is 6.92 Å². The number of nitrogens with one attached hydrogen (secondary N) is 2. The molecule has 0 bridgehead atoms. The minimum absolute atomic E-state index is 0.316. The average molecular weight is 324 g/mol. The Morgan fingerprint density at radius 1 is 1.33 bits per heavy atom. The fraction of sp³-hybridized carbons (Fsp3) is 0.385. The van der Waals surface area contributed by atoms with Crippen molar-refractivity contribution in [3.63, 3.8) is 0 Å². The molecule has 0 aliphatic heterocycles. The van der Waals surface area contributed by atoms with Crippen molar-refractivity contribution in [2.75, 3.05) is 4.72 Å². The first-order valence-electron chi connectivity index (χ1n) is 6.65. The molecule has 1 fully saturated rings. The van der Waals surface area contributed by atoms with Gasteiger partial charge in [-0.05, 0) is 31.4 Å². The van der Waals surface area contributed by atoms with Crippen LogP contribution in [0.3, 0.4) is 0 Å². The third-order valence-corrected chi connectivity index (χ3v) is 6.30. The SMILES string of the molecule is Cc1cc(S(=O)(=O)Nc2cncnc2)sc1CNC1CC1. The van der Waals surface area contributed by atoms with Gasteiger partial charge in [-0.15, -0.1) is 11.3 Å². The smallest absolute Gasteiger partial charge is 0.271 e. The van der Waals surface area contributed by atoms with E-state index in [4.69, 9.17) is 0 Å². The maximum atomic E-state index is 12.3. The van der Waals surface area contributed by atoms with Gasteiger partial charge in [-0.1, -0.05) is 0 Å². The Bertz CT molecular complexity index is 724. The number of nitrogens with zero attached hydrogens (tertiary/aromatic N) is 2. The summed E-state index contributed by atoms with van der Waals surface area (Å²) in [6.07, 6.45) is 6.65. The number of anilines is 1. The van der Waals surface area contributed by atoms with Gasteiger partial charge in [-0.25, -0.2) is 18.4 Å². The number of sulfonamides is 1. The van der Waals surface area contributed by atoms with Gasteiger partial charge in [0.05, 0.1) is 18.1 Å². The molecular weight excluding hydrogens is 308 g/mol. The summed E-state index contributed by atoms with van der Waals surface area (Å²) < 4.78 is 27.5. The van der Waals surface area contributed by atoms with E-state index in [0.717, 1.165) is 17.0 Å². The highest BCUT2D eigenvalue weighted by Crippen LogP contribution is 2.28. The molecule has 6 nitrogen and oxygen atoms in total. The van der Waals surface area contributed by atoms with E-state index in [9.17, 15) is 8.42 Å². The third-order valence-electron chi connectivity index (χ3n) is 3.20. The highest BCUT2D eigenvalue weighted by molar-refractivity contribution is 7.94.